The lowest BCUT2D eigenvalue weighted by molar-refractivity contribution is 0.174. The normalized spacial score (nSPS) is 12.7. The Labute approximate surface area is 110 Å². The Bertz CT molecular complexity index is 578. The van der Waals surface area contributed by atoms with E-state index in [1.54, 1.807) is 6.07 Å². The van der Waals surface area contributed by atoms with Crippen LogP contribution < -0.4 is 9.47 Å². The fourth-order valence-electron chi connectivity index (χ4n) is 1.94. The zero-order valence-electron chi connectivity index (χ0n) is 9.52. The summed E-state index contributed by atoms with van der Waals surface area (Å²) >= 11 is 5.84. The fourth-order valence-corrected chi connectivity index (χ4v) is 2.06. The number of hydrogen-bond acceptors (Lipinski definition) is 3. The van der Waals surface area contributed by atoms with Crippen LogP contribution >= 0.6 is 11.6 Å². The van der Waals surface area contributed by atoms with Gasteiger partial charge in [-0.1, -0.05) is 23.7 Å². The molecule has 0 atom stereocenters. The molecule has 0 saturated heterocycles. The first-order chi connectivity index (χ1) is 8.72. The maximum Gasteiger partial charge on any atom is 0.231 e. The topological polar surface area (TPSA) is 38.7 Å². The Hall–Kier alpha value is -1.87. The number of ether oxygens (including phenoxy) is 2. The summed E-state index contributed by atoms with van der Waals surface area (Å²) in [6, 6.07) is 10.9. The van der Waals surface area contributed by atoms with Gasteiger partial charge in [0.15, 0.2) is 11.5 Å². The third kappa shape index (κ3) is 2.09. The highest BCUT2D eigenvalue weighted by molar-refractivity contribution is 6.30. The Balaban J connectivity index is 1.90. The SMILES string of the molecule is Oc1cc2c(cc1Cc1ccc(Cl)cc1)OCO2. The van der Waals surface area contributed by atoms with E-state index in [0.29, 0.717) is 22.9 Å². The van der Waals surface area contributed by atoms with Gasteiger partial charge >= 0.3 is 0 Å². The van der Waals surface area contributed by atoms with E-state index in [0.717, 1.165) is 11.1 Å². The van der Waals surface area contributed by atoms with Crippen LogP contribution in [0.2, 0.25) is 5.02 Å². The second kappa shape index (κ2) is 4.42. The molecular weight excluding hydrogens is 252 g/mol. The molecule has 2 aromatic rings. The molecule has 2 aromatic carbocycles. The van der Waals surface area contributed by atoms with Crippen LogP contribution in [0.5, 0.6) is 17.2 Å². The number of halogens is 1. The van der Waals surface area contributed by atoms with Gasteiger partial charge in [-0.15, -0.1) is 0 Å². The van der Waals surface area contributed by atoms with Gasteiger partial charge in [0, 0.05) is 23.1 Å². The summed E-state index contributed by atoms with van der Waals surface area (Å²) in [5.74, 6) is 1.48. The summed E-state index contributed by atoms with van der Waals surface area (Å²) in [7, 11) is 0. The Morgan fingerprint density at radius 1 is 1.06 bits per heavy atom. The van der Waals surface area contributed by atoms with E-state index in [2.05, 4.69) is 0 Å². The number of fused-ring (bicyclic) bond motifs is 1. The summed E-state index contributed by atoms with van der Waals surface area (Å²) in [5, 5.41) is 10.6. The monoisotopic (exact) mass is 262 g/mol. The van der Waals surface area contributed by atoms with Crippen molar-refractivity contribution in [2.45, 2.75) is 6.42 Å². The molecule has 1 aliphatic rings. The number of benzene rings is 2. The zero-order chi connectivity index (χ0) is 12.5. The number of phenols is 1. The summed E-state index contributed by atoms with van der Waals surface area (Å²) in [6.45, 7) is 0.208. The highest BCUT2D eigenvalue weighted by Crippen LogP contribution is 2.38. The predicted octanol–water partition coefficient (Wildman–Crippen LogP) is 3.37. The number of hydrogen-bond donors (Lipinski definition) is 1. The van der Waals surface area contributed by atoms with Crippen molar-refractivity contribution >= 4 is 11.6 Å². The standard InChI is InChI=1S/C14H11ClO3/c15-11-3-1-9(2-4-11)5-10-6-13-14(7-12(10)16)18-8-17-13/h1-4,6-7,16H,5,8H2. The van der Waals surface area contributed by atoms with E-state index in [1.807, 2.05) is 30.3 Å². The summed E-state index contributed by atoms with van der Waals surface area (Å²) < 4.78 is 10.5. The molecular formula is C14H11ClO3. The maximum atomic E-state index is 9.93. The minimum atomic E-state index is 0.208. The van der Waals surface area contributed by atoms with Gasteiger partial charge in [-0.25, -0.2) is 0 Å². The van der Waals surface area contributed by atoms with Gasteiger partial charge in [-0.05, 0) is 23.8 Å². The molecule has 0 radical (unpaired) electrons. The molecule has 0 amide bonds. The summed E-state index contributed by atoms with van der Waals surface area (Å²) in [6.07, 6.45) is 0.625. The average Bonchev–Trinajstić information content (AvgIpc) is 2.79. The van der Waals surface area contributed by atoms with Crippen LogP contribution in [0.15, 0.2) is 36.4 Å². The van der Waals surface area contributed by atoms with E-state index in [1.165, 1.54) is 0 Å². The van der Waals surface area contributed by atoms with Gasteiger partial charge in [-0.3, -0.25) is 0 Å². The Morgan fingerprint density at radius 3 is 2.44 bits per heavy atom. The molecule has 4 heteroatoms. The third-order valence-electron chi connectivity index (χ3n) is 2.88. The fraction of sp³-hybridized carbons (Fsp3) is 0.143. The van der Waals surface area contributed by atoms with Gasteiger partial charge in [0.1, 0.15) is 5.75 Å². The Morgan fingerprint density at radius 2 is 1.72 bits per heavy atom. The molecule has 0 spiro atoms. The molecule has 0 fully saturated rings. The van der Waals surface area contributed by atoms with Crippen LogP contribution in [0.1, 0.15) is 11.1 Å². The molecule has 0 unspecified atom stereocenters. The van der Waals surface area contributed by atoms with E-state index < -0.39 is 0 Å². The maximum absolute atomic E-state index is 9.93. The zero-order valence-corrected chi connectivity index (χ0v) is 10.3. The summed E-state index contributed by atoms with van der Waals surface area (Å²) in [4.78, 5) is 0. The van der Waals surface area contributed by atoms with E-state index in [9.17, 15) is 5.11 Å². The van der Waals surface area contributed by atoms with Crippen molar-refractivity contribution in [1.29, 1.82) is 0 Å². The van der Waals surface area contributed by atoms with Gasteiger partial charge in [0.2, 0.25) is 6.79 Å². The van der Waals surface area contributed by atoms with Gasteiger partial charge < -0.3 is 14.6 Å². The lowest BCUT2D eigenvalue weighted by Gasteiger charge is -2.06. The number of aromatic hydroxyl groups is 1. The van der Waals surface area contributed by atoms with Crippen molar-refractivity contribution in [1.82, 2.24) is 0 Å². The van der Waals surface area contributed by atoms with Crippen molar-refractivity contribution in [3.8, 4) is 17.2 Å². The lowest BCUT2D eigenvalue weighted by Crippen LogP contribution is -1.93. The molecule has 0 saturated carbocycles. The molecule has 0 aliphatic carbocycles. The molecule has 1 N–H and O–H groups in total. The van der Waals surface area contributed by atoms with Crippen molar-refractivity contribution in [2.75, 3.05) is 6.79 Å². The lowest BCUT2D eigenvalue weighted by atomic mass is 10.0. The van der Waals surface area contributed by atoms with E-state index in [4.69, 9.17) is 21.1 Å². The largest absolute Gasteiger partial charge is 0.508 e. The van der Waals surface area contributed by atoms with Crippen molar-refractivity contribution in [3.63, 3.8) is 0 Å². The van der Waals surface area contributed by atoms with Crippen LogP contribution in [-0.4, -0.2) is 11.9 Å². The van der Waals surface area contributed by atoms with Crippen molar-refractivity contribution < 1.29 is 14.6 Å². The van der Waals surface area contributed by atoms with E-state index >= 15 is 0 Å². The molecule has 3 rings (SSSR count). The van der Waals surface area contributed by atoms with Crippen molar-refractivity contribution in [3.05, 3.63) is 52.5 Å². The van der Waals surface area contributed by atoms with Crippen LogP contribution in [-0.2, 0) is 6.42 Å². The minimum Gasteiger partial charge on any atom is -0.508 e. The highest BCUT2D eigenvalue weighted by Gasteiger charge is 2.16. The van der Waals surface area contributed by atoms with Crippen molar-refractivity contribution in [2.24, 2.45) is 0 Å². The first kappa shape index (κ1) is 11.2. The smallest absolute Gasteiger partial charge is 0.231 e. The predicted molar refractivity (Wildman–Crippen MR) is 68.5 cm³/mol. The second-order valence-electron chi connectivity index (χ2n) is 4.14. The molecule has 0 aromatic heterocycles. The first-order valence-corrected chi connectivity index (χ1v) is 5.96. The van der Waals surface area contributed by atoms with Gasteiger partial charge in [0.25, 0.3) is 0 Å². The Kier molecular flexibility index (Phi) is 2.76. The van der Waals surface area contributed by atoms with Crippen LogP contribution in [0.4, 0.5) is 0 Å². The van der Waals surface area contributed by atoms with Gasteiger partial charge in [0.05, 0.1) is 0 Å². The number of phenolic OH excluding ortho intramolecular Hbond substituents is 1. The van der Waals surface area contributed by atoms with E-state index in [-0.39, 0.29) is 12.5 Å². The van der Waals surface area contributed by atoms with Gasteiger partial charge in [-0.2, -0.15) is 0 Å². The minimum absolute atomic E-state index is 0.208. The average molecular weight is 263 g/mol. The molecule has 0 bridgehead atoms. The molecule has 1 aliphatic heterocycles. The molecule has 1 heterocycles. The highest BCUT2D eigenvalue weighted by atomic mass is 35.5. The molecule has 92 valence electrons. The first-order valence-electron chi connectivity index (χ1n) is 5.58. The molecule has 18 heavy (non-hydrogen) atoms. The third-order valence-corrected chi connectivity index (χ3v) is 3.13. The summed E-state index contributed by atoms with van der Waals surface area (Å²) in [5.41, 5.74) is 1.88. The van der Waals surface area contributed by atoms with Crippen LogP contribution in [0, 0.1) is 0 Å². The second-order valence-corrected chi connectivity index (χ2v) is 4.57. The number of rotatable bonds is 2. The quantitative estimate of drug-likeness (QED) is 0.902. The van der Waals surface area contributed by atoms with Crippen LogP contribution in [0.25, 0.3) is 0 Å². The molecule has 3 nitrogen and oxygen atoms in total. The van der Waals surface area contributed by atoms with Crippen LogP contribution in [0.3, 0.4) is 0 Å².